The summed E-state index contributed by atoms with van der Waals surface area (Å²) >= 11 is 1.41. The highest BCUT2D eigenvalue weighted by molar-refractivity contribution is 8.15. The van der Waals surface area contributed by atoms with E-state index in [0.717, 1.165) is 17.7 Å². The molecule has 7 heteroatoms. The second kappa shape index (κ2) is 9.51. The fourth-order valence-corrected chi connectivity index (χ4v) is 4.38. The molecule has 1 fully saturated rings. The molecule has 0 radical (unpaired) electrons. The molecule has 2 aliphatic rings. The molecular weight excluding hydrogens is 400 g/mol. The Balaban J connectivity index is 1.93. The molecule has 0 aromatic heterocycles. The molecule has 30 heavy (non-hydrogen) atoms. The molecule has 2 unspecified atom stereocenters. The number of allylic oxidation sites excluding steroid dienone is 1. The SMILES string of the molecule is C=CCOC(=O)C1=C(C)N=C2SC(C)C(=O)N2C1c1ccc(OCCC(C)C)cc1. The van der Waals surface area contributed by atoms with Crippen LogP contribution in [-0.4, -0.2) is 40.4 Å². The van der Waals surface area contributed by atoms with Gasteiger partial charge in [-0.15, -0.1) is 0 Å². The number of ether oxygens (including phenoxy) is 2. The third-order valence-corrected chi connectivity index (χ3v) is 6.02. The van der Waals surface area contributed by atoms with Crippen LogP contribution in [0.25, 0.3) is 0 Å². The first-order chi connectivity index (χ1) is 14.3. The predicted octanol–water partition coefficient (Wildman–Crippen LogP) is 4.49. The summed E-state index contributed by atoms with van der Waals surface area (Å²) in [5, 5.41) is 0.369. The minimum atomic E-state index is -0.579. The number of esters is 1. The van der Waals surface area contributed by atoms with Crippen molar-refractivity contribution in [1.82, 2.24) is 4.90 Å². The van der Waals surface area contributed by atoms with E-state index in [1.807, 2.05) is 31.2 Å². The molecule has 1 aromatic rings. The number of amidine groups is 1. The smallest absolute Gasteiger partial charge is 0.338 e. The van der Waals surface area contributed by atoms with Crippen molar-refractivity contribution >= 4 is 28.8 Å². The zero-order chi connectivity index (χ0) is 21.8. The van der Waals surface area contributed by atoms with Gasteiger partial charge in [0.1, 0.15) is 12.4 Å². The van der Waals surface area contributed by atoms with Crippen molar-refractivity contribution in [2.45, 2.75) is 45.4 Å². The van der Waals surface area contributed by atoms with Crippen LogP contribution in [0.2, 0.25) is 0 Å². The molecule has 1 aromatic carbocycles. The summed E-state index contributed by atoms with van der Waals surface area (Å²) in [7, 11) is 0. The first-order valence-corrected chi connectivity index (χ1v) is 11.0. The maximum atomic E-state index is 12.9. The second-order valence-corrected chi connectivity index (χ2v) is 9.06. The number of carbonyl (C=O) groups excluding carboxylic acids is 2. The van der Waals surface area contributed by atoms with Crippen LogP contribution < -0.4 is 4.74 Å². The van der Waals surface area contributed by atoms with E-state index < -0.39 is 12.0 Å². The van der Waals surface area contributed by atoms with Crippen molar-refractivity contribution in [2.24, 2.45) is 10.9 Å². The van der Waals surface area contributed by atoms with Gasteiger partial charge in [-0.2, -0.15) is 0 Å². The van der Waals surface area contributed by atoms with Gasteiger partial charge in [-0.25, -0.2) is 9.79 Å². The highest BCUT2D eigenvalue weighted by Crippen LogP contribution is 2.43. The first kappa shape index (κ1) is 22.2. The molecule has 0 bridgehead atoms. The number of amides is 1. The van der Waals surface area contributed by atoms with E-state index in [1.54, 1.807) is 11.8 Å². The van der Waals surface area contributed by atoms with E-state index in [1.165, 1.54) is 17.8 Å². The molecule has 2 aliphatic heterocycles. The maximum Gasteiger partial charge on any atom is 0.338 e. The molecule has 6 nitrogen and oxygen atoms in total. The summed E-state index contributed by atoms with van der Waals surface area (Å²) in [5.74, 6) is 0.774. The third kappa shape index (κ3) is 4.61. The van der Waals surface area contributed by atoms with Crippen LogP contribution >= 0.6 is 11.8 Å². The van der Waals surface area contributed by atoms with Gasteiger partial charge < -0.3 is 9.47 Å². The summed E-state index contributed by atoms with van der Waals surface area (Å²) in [4.78, 5) is 31.9. The van der Waals surface area contributed by atoms with Gasteiger partial charge in [0.2, 0.25) is 5.91 Å². The lowest BCUT2D eigenvalue weighted by Gasteiger charge is -2.33. The van der Waals surface area contributed by atoms with E-state index in [4.69, 9.17) is 9.47 Å². The lowest BCUT2D eigenvalue weighted by molar-refractivity contribution is -0.139. The number of hydrogen-bond donors (Lipinski definition) is 0. The molecule has 1 amide bonds. The van der Waals surface area contributed by atoms with Crippen LogP contribution in [0.5, 0.6) is 5.75 Å². The molecule has 0 spiro atoms. The third-order valence-electron chi connectivity index (χ3n) is 4.97. The Bertz CT molecular complexity index is 889. The zero-order valence-corrected chi connectivity index (χ0v) is 18.7. The standard InChI is InChI=1S/C23H28N2O4S/c1-6-12-29-22(27)19-15(4)24-23-25(21(26)16(5)30-23)20(19)17-7-9-18(10-8-17)28-13-11-14(2)3/h6-10,14,16,20H,1,11-13H2,2-5H3. The number of aliphatic imine (C=N–C) groups is 1. The fourth-order valence-electron chi connectivity index (χ4n) is 3.35. The van der Waals surface area contributed by atoms with Crippen LogP contribution in [0.4, 0.5) is 0 Å². The first-order valence-electron chi connectivity index (χ1n) is 10.1. The molecule has 1 saturated heterocycles. The minimum Gasteiger partial charge on any atom is -0.494 e. The number of fused-ring (bicyclic) bond motifs is 1. The Labute approximate surface area is 182 Å². The Kier molecular flexibility index (Phi) is 7.02. The van der Waals surface area contributed by atoms with Crippen LogP contribution in [-0.2, 0) is 14.3 Å². The quantitative estimate of drug-likeness (QED) is 0.451. The molecular formula is C23H28N2O4S. The highest BCUT2D eigenvalue weighted by Gasteiger charge is 2.46. The van der Waals surface area contributed by atoms with Crippen LogP contribution in [0.1, 0.15) is 45.7 Å². The Morgan fingerprint density at radius 2 is 2.03 bits per heavy atom. The lowest BCUT2D eigenvalue weighted by Crippen LogP contribution is -2.40. The van der Waals surface area contributed by atoms with E-state index in [0.29, 0.717) is 29.0 Å². The summed E-state index contributed by atoms with van der Waals surface area (Å²) in [6.07, 6.45) is 2.49. The van der Waals surface area contributed by atoms with Crippen molar-refractivity contribution in [2.75, 3.05) is 13.2 Å². The Hall–Kier alpha value is -2.54. The normalized spacial score (nSPS) is 20.9. The van der Waals surface area contributed by atoms with Crippen LogP contribution in [0.3, 0.4) is 0 Å². The van der Waals surface area contributed by atoms with E-state index in [9.17, 15) is 9.59 Å². The van der Waals surface area contributed by atoms with Gasteiger partial charge in [-0.05, 0) is 43.9 Å². The largest absolute Gasteiger partial charge is 0.494 e. The summed E-state index contributed by atoms with van der Waals surface area (Å²) in [6.45, 7) is 12.3. The molecule has 3 rings (SSSR count). The summed E-state index contributed by atoms with van der Waals surface area (Å²) in [6, 6.07) is 6.96. The number of benzene rings is 1. The number of nitrogens with zero attached hydrogens (tertiary/aromatic N) is 2. The molecule has 2 atom stereocenters. The van der Waals surface area contributed by atoms with Gasteiger partial charge in [0.15, 0.2) is 5.17 Å². The Morgan fingerprint density at radius 1 is 1.33 bits per heavy atom. The Morgan fingerprint density at radius 3 is 2.67 bits per heavy atom. The number of carbonyl (C=O) groups is 2. The van der Waals surface area contributed by atoms with Crippen molar-refractivity contribution < 1.29 is 19.1 Å². The predicted molar refractivity (Wildman–Crippen MR) is 119 cm³/mol. The molecule has 0 N–H and O–H groups in total. The van der Waals surface area contributed by atoms with Gasteiger partial charge in [0.05, 0.1) is 29.2 Å². The van der Waals surface area contributed by atoms with Crippen LogP contribution in [0, 0.1) is 5.92 Å². The fraction of sp³-hybridized carbons (Fsp3) is 0.435. The van der Waals surface area contributed by atoms with Crippen molar-refractivity contribution in [3.05, 3.63) is 53.8 Å². The number of rotatable bonds is 8. The molecule has 0 aliphatic carbocycles. The average molecular weight is 429 g/mol. The van der Waals surface area contributed by atoms with Gasteiger partial charge in [0, 0.05) is 0 Å². The monoisotopic (exact) mass is 428 g/mol. The van der Waals surface area contributed by atoms with Crippen molar-refractivity contribution in [3.8, 4) is 5.75 Å². The number of thioether (sulfide) groups is 1. The highest BCUT2D eigenvalue weighted by atomic mass is 32.2. The van der Waals surface area contributed by atoms with Crippen molar-refractivity contribution in [3.63, 3.8) is 0 Å². The summed E-state index contributed by atoms with van der Waals surface area (Å²) in [5.41, 5.74) is 1.75. The number of hydrogen-bond acceptors (Lipinski definition) is 6. The van der Waals surface area contributed by atoms with Gasteiger partial charge >= 0.3 is 5.97 Å². The second-order valence-electron chi connectivity index (χ2n) is 7.75. The topological polar surface area (TPSA) is 68.2 Å². The lowest BCUT2D eigenvalue weighted by atomic mass is 9.94. The maximum absolute atomic E-state index is 12.9. The van der Waals surface area contributed by atoms with Gasteiger partial charge in [-0.1, -0.05) is 50.4 Å². The van der Waals surface area contributed by atoms with E-state index in [2.05, 4.69) is 25.4 Å². The average Bonchev–Trinajstić information content (AvgIpc) is 2.98. The van der Waals surface area contributed by atoms with E-state index >= 15 is 0 Å². The molecule has 2 heterocycles. The van der Waals surface area contributed by atoms with Crippen molar-refractivity contribution in [1.29, 1.82) is 0 Å². The van der Waals surface area contributed by atoms with Crippen LogP contribution in [0.15, 0.2) is 53.2 Å². The van der Waals surface area contributed by atoms with Gasteiger partial charge in [0.25, 0.3) is 0 Å². The molecule has 0 saturated carbocycles. The van der Waals surface area contributed by atoms with E-state index in [-0.39, 0.29) is 17.8 Å². The molecule has 160 valence electrons. The summed E-state index contributed by atoms with van der Waals surface area (Å²) < 4.78 is 11.1. The van der Waals surface area contributed by atoms with Gasteiger partial charge in [-0.3, -0.25) is 9.69 Å². The minimum absolute atomic E-state index is 0.0671. The zero-order valence-electron chi connectivity index (χ0n) is 17.9.